The number of hydrogen-bond donors (Lipinski definition) is 1. The van der Waals surface area contributed by atoms with Crippen LogP contribution in [0.1, 0.15) is 32.1 Å². The van der Waals surface area contributed by atoms with E-state index in [0.29, 0.717) is 24.3 Å². The van der Waals surface area contributed by atoms with Gasteiger partial charge < -0.3 is 10.2 Å². The van der Waals surface area contributed by atoms with Crippen molar-refractivity contribution in [1.82, 2.24) is 10.2 Å². The van der Waals surface area contributed by atoms with Crippen LogP contribution in [0.15, 0.2) is 0 Å². The van der Waals surface area contributed by atoms with Gasteiger partial charge in [-0.25, -0.2) is 0 Å². The van der Waals surface area contributed by atoms with Crippen LogP contribution in [0.3, 0.4) is 0 Å². The molecule has 0 spiro atoms. The summed E-state index contributed by atoms with van der Waals surface area (Å²) in [4.78, 5) is 25.7. The van der Waals surface area contributed by atoms with Gasteiger partial charge in [-0.1, -0.05) is 0 Å². The fourth-order valence-electron chi connectivity index (χ4n) is 3.29. The van der Waals surface area contributed by atoms with E-state index in [-0.39, 0.29) is 11.2 Å². The minimum Gasteiger partial charge on any atom is -0.353 e. The second kappa shape index (κ2) is 5.11. The van der Waals surface area contributed by atoms with Gasteiger partial charge in [0, 0.05) is 25.6 Å². The monoisotopic (exact) mass is 268 g/mol. The van der Waals surface area contributed by atoms with Crippen LogP contribution in [0.4, 0.5) is 0 Å². The van der Waals surface area contributed by atoms with Gasteiger partial charge in [0.2, 0.25) is 11.8 Å². The Kier molecular flexibility index (Phi) is 3.50. The Hall–Kier alpha value is -0.710. The largest absolute Gasteiger partial charge is 0.353 e. The zero-order chi connectivity index (χ0) is 12.5. The number of fused-ring (bicyclic) bond motifs is 1. The fourth-order valence-corrected chi connectivity index (χ4v) is 4.53. The predicted octanol–water partition coefficient (Wildman–Crippen LogP) is 1.01. The van der Waals surface area contributed by atoms with Crippen molar-refractivity contribution in [3.63, 3.8) is 0 Å². The second-order valence-electron chi connectivity index (χ2n) is 5.55. The zero-order valence-corrected chi connectivity index (χ0v) is 11.4. The summed E-state index contributed by atoms with van der Waals surface area (Å²) in [7, 11) is 0. The van der Waals surface area contributed by atoms with E-state index in [9.17, 15) is 9.59 Å². The maximum atomic E-state index is 12.4. The lowest BCUT2D eigenvalue weighted by atomic mass is 9.85. The number of likely N-dealkylation sites (tertiary alicyclic amines) is 1. The molecule has 3 aliphatic heterocycles. The van der Waals surface area contributed by atoms with E-state index in [1.54, 1.807) is 0 Å². The SMILES string of the molecule is O=C1CCC2CN(C(=O)C3CCCS3)CCC2N1. The molecule has 100 valence electrons. The Labute approximate surface area is 112 Å². The van der Waals surface area contributed by atoms with E-state index < -0.39 is 0 Å². The summed E-state index contributed by atoms with van der Waals surface area (Å²) >= 11 is 1.81. The molecule has 3 fully saturated rings. The first-order valence-corrected chi connectivity index (χ1v) is 7.98. The van der Waals surface area contributed by atoms with Gasteiger partial charge in [0.15, 0.2) is 0 Å². The van der Waals surface area contributed by atoms with Crippen LogP contribution in [0.25, 0.3) is 0 Å². The maximum absolute atomic E-state index is 12.4. The van der Waals surface area contributed by atoms with Crippen molar-refractivity contribution < 1.29 is 9.59 Å². The van der Waals surface area contributed by atoms with Crippen molar-refractivity contribution >= 4 is 23.6 Å². The summed E-state index contributed by atoms with van der Waals surface area (Å²) in [6.07, 6.45) is 4.72. The van der Waals surface area contributed by atoms with E-state index in [0.717, 1.165) is 38.1 Å². The number of hydrogen-bond acceptors (Lipinski definition) is 3. The van der Waals surface area contributed by atoms with Gasteiger partial charge in [0.1, 0.15) is 0 Å². The van der Waals surface area contributed by atoms with Gasteiger partial charge in [-0.05, 0) is 37.4 Å². The Balaban J connectivity index is 1.59. The lowest BCUT2D eigenvalue weighted by Crippen LogP contribution is -2.56. The normalized spacial score (nSPS) is 36.1. The summed E-state index contributed by atoms with van der Waals surface area (Å²) in [5.41, 5.74) is 0. The quantitative estimate of drug-likeness (QED) is 0.772. The third-order valence-corrected chi connectivity index (χ3v) is 5.70. The number of carbonyl (C=O) groups is 2. The van der Waals surface area contributed by atoms with Gasteiger partial charge >= 0.3 is 0 Å². The Bertz CT molecular complexity index is 355. The average molecular weight is 268 g/mol. The van der Waals surface area contributed by atoms with Crippen LogP contribution < -0.4 is 5.32 Å². The molecule has 0 aliphatic carbocycles. The van der Waals surface area contributed by atoms with Crippen molar-refractivity contribution in [2.24, 2.45) is 5.92 Å². The van der Waals surface area contributed by atoms with E-state index in [1.807, 2.05) is 16.7 Å². The molecule has 3 heterocycles. The molecule has 1 N–H and O–H groups in total. The molecule has 2 amide bonds. The molecule has 0 aromatic rings. The second-order valence-corrected chi connectivity index (χ2v) is 6.86. The summed E-state index contributed by atoms with van der Waals surface area (Å²) in [5.74, 6) is 2.13. The first kappa shape index (κ1) is 12.3. The highest BCUT2D eigenvalue weighted by molar-refractivity contribution is 8.00. The Morgan fingerprint density at radius 2 is 2.22 bits per heavy atom. The third-order valence-electron chi connectivity index (χ3n) is 4.34. The molecule has 3 rings (SSSR count). The number of carbonyl (C=O) groups excluding carboxylic acids is 2. The van der Waals surface area contributed by atoms with Crippen molar-refractivity contribution in [3.8, 4) is 0 Å². The van der Waals surface area contributed by atoms with Crippen molar-refractivity contribution in [3.05, 3.63) is 0 Å². The first-order chi connectivity index (χ1) is 8.74. The third kappa shape index (κ3) is 2.37. The van der Waals surface area contributed by atoms with E-state index in [1.165, 1.54) is 6.42 Å². The van der Waals surface area contributed by atoms with Crippen molar-refractivity contribution in [2.75, 3.05) is 18.8 Å². The zero-order valence-electron chi connectivity index (χ0n) is 10.6. The van der Waals surface area contributed by atoms with Gasteiger partial charge in [0.05, 0.1) is 5.25 Å². The maximum Gasteiger partial charge on any atom is 0.235 e. The van der Waals surface area contributed by atoms with Crippen LogP contribution in [0.5, 0.6) is 0 Å². The molecule has 3 aliphatic rings. The topological polar surface area (TPSA) is 49.4 Å². The number of piperidine rings is 2. The van der Waals surface area contributed by atoms with Crippen LogP contribution in [0.2, 0.25) is 0 Å². The van der Waals surface area contributed by atoms with Gasteiger partial charge in [-0.3, -0.25) is 9.59 Å². The Morgan fingerprint density at radius 3 is 3.00 bits per heavy atom. The number of rotatable bonds is 1. The lowest BCUT2D eigenvalue weighted by Gasteiger charge is -2.42. The Morgan fingerprint density at radius 1 is 1.33 bits per heavy atom. The van der Waals surface area contributed by atoms with Crippen LogP contribution in [-0.2, 0) is 9.59 Å². The summed E-state index contributed by atoms with van der Waals surface area (Å²) in [6, 6.07) is 0.312. The summed E-state index contributed by atoms with van der Waals surface area (Å²) in [5, 5.41) is 3.27. The molecule has 0 radical (unpaired) electrons. The smallest absolute Gasteiger partial charge is 0.235 e. The molecule has 0 aromatic carbocycles. The molecule has 5 heteroatoms. The number of nitrogens with zero attached hydrogens (tertiary/aromatic N) is 1. The predicted molar refractivity (Wildman–Crippen MR) is 71.3 cm³/mol. The number of nitrogens with one attached hydrogen (secondary N) is 1. The number of amides is 2. The van der Waals surface area contributed by atoms with Crippen molar-refractivity contribution in [2.45, 2.75) is 43.4 Å². The van der Waals surface area contributed by atoms with Gasteiger partial charge in [0.25, 0.3) is 0 Å². The van der Waals surface area contributed by atoms with Crippen LogP contribution in [0, 0.1) is 5.92 Å². The average Bonchev–Trinajstić information content (AvgIpc) is 2.91. The lowest BCUT2D eigenvalue weighted by molar-refractivity contribution is -0.134. The minimum absolute atomic E-state index is 0.183. The molecule has 4 nitrogen and oxygen atoms in total. The summed E-state index contributed by atoms with van der Waals surface area (Å²) in [6.45, 7) is 1.66. The summed E-state index contributed by atoms with van der Waals surface area (Å²) < 4.78 is 0. The molecule has 18 heavy (non-hydrogen) atoms. The van der Waals surface area contributed by atoms with E-state index >= 15 is 0 Å². The highest BCUT2D eigenvalue weighted by Gasteiger charge is 2.37. The molecule has 0 bridgehead atoms. The fraction of sp³-hybridized carbons (Fsp3) is 0.846. The minimum atomic E-state index is 0.183. The molecular weight excluding hydrogens is 248 g/mol. The number of thioether (sulfide) groups is 1. The molecule has 0 saturated carbocycles. The first-order valence-electron chi connectivity index (χ1n) is 6.94. The molecule has 3 unspecified atom stereocenters. The van der Waals surface area contributed by atoms with Gasteiger partial charge in [-0.2, -0.15) is 0 Å². The highest BCUT2D eigenvalue weighted by Crippen LogP contribution is 2.31. The van der Waals surface area contributed by atoms with Crippen LogP contribution >= 0.6 is 11.8 Å². The molecule has 3 atom stereocenters. The molecule has 3 saturated heterocycles. The van der Waals surface area contributed by atoms with Crippen LogP contribution in [-0.4, -0.2) is 46.8 Å². The van der Waals surface area contributed by atoms with Gasteiger partial charge in [-0.15, -0.1) is 11.8 Å². The standard InChI is InChI=1S/C13H20N2O2S/c16-12-4-3-9-8-15(6-5-10(9)14-12)13(17)11-2-1-7-18-11/h9-11H,1-8H2,(H,14,16). The van der Waals surface area contributed by atoms with Crippen molar-refractivity contribution in [1.29, 1.82) is 0 Å². The molecular formula is C13H20N2O2S. The van der Waals surface area contributed by atoms with E-state index in [4.69, 9.17) is 0 Å². The van der Waals surface area contributed by atoms with E-state index in [2.05, 4.69) is 5.32 Å². The highest BCUT2D eigenvalue weighted by atomic mass is 32.2. The molecule has 0 aromatic heterocycles.